The van der Waals surface area contributed by atoms with E-state index in [4.69, 9.17) is 0 Å². The number of amides is 2. The Bertz CT molecular complexity index is 1290. The van der Waals surface area contributed by atoms with Gasteiger partial charge in [-0.05, 0) is 37.2 Å². The molecule has 2 saturated carbocycles. The molecular formula is C34H47N3O4. The van der Waals surface area contributed by atoms with Crippen molar-refractivity contribution in [3.05, 3.63) is 58.5 Å². The summed E-state index contributed by atoms with van der Waals surface area (Å²) in [6.07, 6.45) is 13.0. The number of pyridine rings is 1. The number of hydrogen-bond acceptors (Lipinski definition) is 4. The SMILES string of the molecule is C[C@H](CC1CCCCC1)C(=O)N1CC[C@](O)(Cn2cc(C(=O)N(C)C)c(-c3ccccc3)cc2=O)C2(CCCC2)C1. The zero-order valence-corrected chi connectivity index (χ0v) is 25.1. The lowest BCUT2D eigenvalue weighted by atomic mass is 9.65. The van der Waals surface area contributed by atoms with E-state index in [9.17, 15) is 19.5 Å². The third kappa shape index (κ3) is 6.01. The molecule has 1 aliphatic heterocycles. The normalized spacial score (nSPS) is 23.5. The Morgan fingerprint density at radius 3 is 2.37 bits per heavy atom. The van der Waals surface area contributed by atoms with Crippen molar-refractivity contribution >= 4 is 11.8 Å². The molecule has 1 aromatic carbocycles. The highest BCUT2D eigenvalue weighted by Gasteiger charge is 2.55. The third-order valence-corrected chi connectivity index (χ3v) is 10.3. The van der Waals surface area contributed by atoms with Gasteiger partial charge in [-0.25, -0.2) is 0 Å². The number of likely N-dealkylation sites (tertiary alicyclic amines) is 1. The molecule has 1 spiro atoms. The molecule has 7 nitrogen and oxygen atoms in total. The fourth-order valence-electron chi connectivity index (χ4n) is 7.87. The second-order valence-corrected chi connectivity index (χ2v) is 13.3. The minimum Gasteiger partial charge on any atom is -0.387 e. The van der Waals surface area contributed by atoms with Crippen LogP contribution in [-0.2, 0) is 11.3 Å². The van der Waals surface area contributed by atoms with Crippen molar-refractivity contribution < 1.29 is 14.7 Å². The minimum absolute atomic E-state index is 0.00417. The highest BCUT2D eigenvalue weighted by molar-refractivity contribution is 6.00. The molecule has 7 heteroatoms. The van der Waals surface area contributed by atoms with Gasteiger partial charge in [0.15, 0.2) is 0 Å². The quantitative estimate of drug-likeness (QED) is 0.494. The molecule has 41 heavy (non-hydrogen) atoms. The van der Waals surface area contributed by atoms with Gasteiger partial charge in [0.2, 0.25) is 5.91 Å². The first kappa shape index (κ1) is 29.6. The molecule has 0 unspecified atom stereocenters. The van der Waals surface area contributed by atoms with Crippen LogP contribution in [0.4, 0.5) is 0 Å². The van der Waals surface area contributed by atoms with Crippen LogP contribution in [0.3, 0.4) is 0 Å². The average molecular weight is 562 g/mol. The van der Waals surface area contributed by atoms with Crippen LogP contribution in [0.2, 0.25) is 0 Å². The predicted octanol–water partition coefficient (Wildman–Crippen LogP) is 5.35. The van der Waals surface area contributed by atoms with Crippen molar-refractivity contribution in [3.8, 4) is 11.1 Å². The molecule has 2 aliphatic carbocycles. The number of aliphatic hydroxyl groups is 1. The fraction of sp³-hybridized carbons (Fsp3) is 0.618. The van der Waals surface area contributed by atoms with Crippen molar-refractivity contribution in [2.75, 3.05) is 27.2 Å². The van der Waals surface area contributed by atoms with E-state index in [1.54, 1.807) is 20.3 Å². The van der Waals surface area contributed by atoms with Gasteiger partial charge in [-0.3, -0.25) is 14.4 Å². The minimum atomic E-state index is -1.14. The van der Waals surface area contributed by atoms with Gasteiger partial charge in [-0.1, -0.05) is 82.2 Å². The van der Waals surface area contributed by atoms with Crippen LogP contribution in [0.5, 0.6) is 0 Å². The van der Waals surface area contributed by atoms with E-state index >= 15 is 0 Å². The van der Waals surface area contributed by atoms with Gasteiger partial charge >= 0.3 is 0 Å². The van der Waals surface area contributed by atoms with Crippen LogP contribution >= 0.6 is 0 Å². The van der Waals surface area contributed by atoms with Crippen molar-refractivity contribution in [3.63, 3.8) is 0 Å². The molecule has 2 atom stereocenters. The first-order chi connectivity index (χ1) is 19.6. The van der Waals surface area contributed by atoms with Crippen molar-refractivity contribution in [2.24, 2.45) is 17.3 Å². The summed E-state index contributed by atoms with van der Waals surface area (Å²) in [5, 5.41) is 12.3. The smallest absolute Gasteiger partial charge is 0.255 e. The molecule has 2 heterocycles. The number of benzene rings is 1. The average Bonchev–Trinajstić information content (AvgIpc) is 3.45. The van der Waals surface area contributed by atoms with Crippen molar-refractivity contribution in [1.82, 2.24) is 14.4 Å². The van der Waals surface area contributed by atoms with Gasteiger partial charge in [0, 0.05) is 56.3 Å². The molecule has 2 amide bonds. The van der Waals surface area contributed by atoms with Crippen molar-refractivity contribution in [1.29, 1.82) is 0 Å². The summed E-state index contributed by atoms with van der Waals surface area (Å²) in [6, 6.07) is 11.0. The predicted molar refractivity (Wildman–Crippen MR) is 162 cm³/mol. The Balaban J connectivity index is 1.40. The summed E-state index contributed by atoms with van der Waals surface area (Å²) in [7, 11) is 3.41. The second kappa shape index (κ2) is 12.1. The lowest BCUT2D eigenvalue weighted by Crippen LogP contribution is -2.62. The van der Waals surface area contributed by atoms with Gasteiger partial charge in [0.25, 0.3) is 11.5 Å². The number of hydrogen-bond donors (Lipinski definition) is 1. The Morgan fingerprint density at radius 2 is 1.71 bits per heavy atom. The number of piperidine rings is 1. The largest absolute Gasteiger partial charge is 0.387 e. The molecule has 222 valence electrons. The topological polar surface area (TPSA) is 82.8 Å². The lowest BCUT2D eigenvalue weighted by Gasteiger charge is -2.53. The van der Waals surface area contributed by atoms with Crippen LogP contribution in [0, 0.1) is 17.3 Å². The summed E-state index contributed by atoms with van der Waals surface area (Å²) < 4.78 is 1.53. The Kier molecular flexibility index (Phi) is 8.74. The number of carbonyl (C=O) groups is 2. The number of aromatic nitrogens is 1. The van der Waals surface area contributed by atoms with E-state index in [-0.39, 0.29) is 29.8 Å². The van der Waals surface area contributed by atoms with Gasteiger partial charge in [-0.2, -0.15) is 0 Å². The second-order valence-electron chi connectivity index (χ2n) is 13.3. The number of nitrogens with zero attached hydrogens (tertiary/aromatic N) is 3. The standard InChI is InChI=1S/C34H47N3O4/c1-25(20-26-12-6-4-7-13-26)31(39)36-19-18-34(41,33(23-36)16-10-11-17-33)24-37-22-29(32(40)35(2)3)28(21-30(37)38)27-14-8-5-9-15-27/h5,8-9,14-15,21-22,25-26,41H,4,6-7,10-13,16-20,23-24H2,1-3H3/t25-,34+/m1/s1. The maximum Gasteiger partial charge on any atom is 0.255 e. The highest BCUT2D eigenvalue weighted by atomic mass is 16.3. The monoisotopic (exact) mass is 561 g/mol. The third-order valence-electron chi connectivity index (χ3n) is 10.3. The summed E-state index contributed by atoms with van der Waals surface area (Å²) in [5.74, 6) is 0.671. The van der Waals surface area contributed by atoms with Gasteiger partial charge in [0.1, 0.15) is 0 Å². The lowest BCUT2D eigenvalue weighted by molar-refractivity contribution is -0.163. The molecule has 1 saturated heterocycles. The van der Waals surface area contributed by atoms with Gasteiger partial charge in [0.05, 0.1) is 17.7 Å². The first-order valence-electron chi connectivity index (χ1n) is 15.7. The van der Waals surface area contributed by atoms with Crippen LogP contribution in [0.15, 0.2) is 47.4 Å². The molecule has 1 aromatic heterocycles. The Hall–Kier alpha value is -2.93. The zero-order valence-electron chi connectivity index (χ0n) is 25.1. The van der Waals surface area contributed by atoms with E-state index in [2.05, 4.69) is 6.92 Å². The van der Waals surface area contributed by atoms with E-state index in [1.807, 2.05) is 35.2 Å². The molecule has 1 N–H and O–H groups in total. The maximum absolute atomic E-state index is 13.6. The Labute approximate surface area is 244 Å². The molecule has 0 radical (unpaired) electrons. The number of carbonyl (C=O) groups excluding carboxylic acids is 2. The van der Waals surface area contributed by atoms with Crippen LogP contribution in [0.1, 0.15) is 87.9 Å². The zero-order chi connectivity index (χ0) is 29.2. The first-order valence-corrected chi connectivity index (χ1v) is 15.7. The van der Waals surface area contributed by atoms with Gasteiger partial charge < -0.3 is 19.5 Å². The molecule has 5 rings (SSSR count). The fourth-order valence-corrected chi connectivity index (χ4v) is 7.87. The molecule has 2 aromatic rings. The van der Waals surface area contributed by atoms with Gasteiger partial charge in [-0.15, -0.1) is 0 Å². The van der Waals surface area contributed by atoms with Crippen LogP contribution < -0.4 is 5.56 Å². The van der Waals surface area contributed by atoms with E-state index in [1.165, 1.54) is 47.6 Å². The van der Waals surface area contributed by atoms with Crippen LogP contribution in [0.25, 0.3) is 11.1 Å². The molecule has 3 fully saturated rings. The Morgan fingerprint density at radius 1 is 1.02 bits per heavy atom. The maximum atomic E-state index is 13.6. The highest BCUT2D eigenvalue weighted by Crippen LogP contribution is 2.52. The summed E-state index contributed by atoms with van der Waals surface area (Å²) in [6.45, 7) is 3.23. The molecule has 3 aliphatic rings. The van der Waals surface area contributed by atoms with E-state index in [0.717, 1.165) is 37.7 Å². The van der Waals surface area contributed by atoms with Crippen LogP contribution in [-0.4, -0.2) is 64.1 Å². The summed E-state index contributed by atoms with van der Waals surface area (Å²) in [5.41, 5.74) is 0.0231. The molecule has 0 bridgehead atoms. The number of rotatable bonds is 7. The van der Waals surface area contributed by atoms with E-state index in [0.29, 0.717) is 36.6 Å². The summed E-state index contributed by atoms with van der Waals surface area (Å²) in [4.78, 5) is 43.9. The van der Waals surface area contributed by atoms with Crippen molar-refractivity contribution in [2.45, 2.75) is 89.7 Å². The summed E-state index contributed by atoms with van der Waals surface area (Å²) >= 11 is 0. The van der Waals surface area contributed by atoms with E-state index < -0.39 is 11.0 Å². The molecular weight excluding hydrogens is 514 g/mol.